The molecule has 1 aliphatic carbocycles. The molecule has 7 nitrogen and oxygen atoms in total. The van der Waals surface area contributed by atoms with Crippen LogP contribution < -0.4 is 4.74 Å². The summed E-state index contributed by atoms with van der Waals surface area (Å²) >= 11 is 0. The molecule has 0 spiro atoms. The molecular formula is C18H25FO7S. The highest BCUT2D eigenvalue weighted by molar-refractivity contribution is 7.85. The Morgan fingerprint density at radius 3 is 2.56 bits per heavy atom. The minimum absolute atomic E-state index is 0.00473. The third-order valence-electron chi connectivity index (χ3n) is 4.16. The highest BCUT2D eigenvalue weighted by Crippen LogP contribution is 2.27. The van der Waals surface area contributed by atoms with E-state index in [9.17, 15) is 17.6 Å². The minimum atomic E-state index is -4.23. The first kappa shape index (κ1) is 21.6. The summed E-state index contributed by atoms with van der Waals surface area (Å²) in [6, 6.07) is 3.47. The van der Waals surface area contributed by atoms with Gasteiger partial charge in [0.25, 0.3) is 10.1 Å². The largest absolute Gasteiger partial charge is 0.462 e. The Hall–Kier alpha value is -1.71. The molecule has 0 aromatic heterocycles. The van der Waals surface area contributed by atoms with Crippen LogP contribution in [0.15, 0.2) is 18.2 Å². The number of hydrogen-bond acceptors (Lipinski definition) is 6. The Morgan fingerprint density at radius 1 is 1.30 bits per heavy atom. The topological polar surface area (TPSA) is 99.1 Å². The molecule has 0 amide bonds. The average Bonchev–Trinajstić information content (AvgIpc) is 3.07. The number of hydrogen-bond donors (Lipinski definition) is 1. The van der Waals surface area contributed by atoms with Gasteiger partial charge in [-0.1, -0.05) is 26.7 Å². The molecule has 27 heavy (non-hydrogen) atoms. The summed E-state index contributed by atoms with van der Waals surface area (Å²) in [5.74, 6) is -2.38. The van der Waals surface area contributed by atoms with E-state index < -0.39 is 40.6 Å². The van der Waals surface area contributed by atoms with Crippen molar-refractivity contribution in [3.63, 3.8) is 0 Å². The SMILES string of the molecule is CC(C)C(Oc1cc(C(=O)OCCS(=O)(=O)O)ccc1F)OC1CCCC1. The summed E-state index contributed by atoms with van der Waals surface area (Å²) < 4.78 is 60.5. The standard InChI is InChI=1S/C18H25FO7S/c1-12(2)18(25-14-5-3-4-6-14)26-16-11-13(7-8-15(16)19)17(20)24-9-10-27(21,22)23/h7-8,11-12,14,18H,3-6,9-10H2,1-2H3,(H,21,22,23). The van der Waals surface area contributed by atoms with Crippen molar-refractivity contribution < 1.29 is 36.4 Å². The predicted molar refractivity (Wildman–Crippen MR) is 95.7 cm³/mol. The van der Waals surface area contributed by atoms with Gasteiger partial charge >= 0.3 is 5.97 Å². The van der Waals surface area contributed by atoms with E-state index in [1.54, 1.807) is 0 Å². The zero-order valence-corrected chi connectivity index (χ0v) is 16.2. The second-order valence-corrected chi connectivity index (χ2v) is 8.41. The first-order valence-electron chi connectivity index (χ1n) is 8.89. The van der Waals surface area contributed by atoms with Crippen LogP contribution in [-0.4, -0.2) is 43.7 Å². The zero-order valence-electron chi connectivity index (χ0n) is 15.4. The summed E-state index contributed by atoms with van der Waals surface area (Å²) in [6.45, 7) is 3.28. The van der Waals surface area contributed by atoms with Crippen LogP contribution in [0.5, 0.6) is 5.75 Å². The first-order chi connectivity index (χ1) is 12.7. The van der Waals surface area contributed by atoms with Gasteiger partial charge in [0.1, 0.15) is 12.4 Å². The summed E-state index contributed by atoms with van der Waals surface area (Å²) in [5, 5.41) is 0. The van der Waals surface area contributed by atoms with Crippen LogP contribution in [0.3, 0.4) is 0 Å². The van der Waals surface area contributed by atoms with Gasteiger partial charge in [-0.25, -0.2) is 9.18 Å². The van der Waals surface area contributed by atoms with E-state index in [0.717, 1.165) is 31.7 Å². The molecule has 2 rings (SSSR count). The molecule has 1 N–H and O–H groups in total. The van der Waals surface area contributed by atoms with Crippen molar-refractivity contribution >= 4 is 16.1 Å². The van der Waals surface area contributed by atoms with Crippen LogP contribution >= 0.6 is 0 Å². The Balaban J connectivity index is 2.04. The van der Waals surface area contributed by atoms with E-state index >= 15 is 0 Å². The van der Waals surface area contributed by atoms with Crippen LogP contribution in [0.2, 0.25) is 0 Å². The lowest BCUT2D eigenvalue weighted by atomic mass is 10.2. The van der Waals surface area contributed by atoms with Crippen molar-refractivity contribution in [2.75, 3.05) is 12.4 Å². The van der Waals surface area contributed by atoms with E-state index in [2.05, 4.69) is 0 Å². The summed E-state index contributed by atoms with van der Waals surface area (Å²) in [4.78, 5) is 12.0. The molecule has 1 aromatic rings. The maximum Gasteiger partial charge on any atom is 0.338 e. The molecule has 0 radical (unpaired) electrons. The molecule has 1 fully saturated rings. The molecule has 0 saturated heterocycles. The molecule has 1 unspecified atom stereocenters. The van der Waals surface area contributed by atoms with Crippen molar-refractivity contribution in [1.82, 2.24) is 0 Å². The summed E-state index contributed by atoms with van der Waals surface area (Å²) in [5.41, 5.74) is 0.00473. The van der Waals surface area contributed by atoms with Crippen LogP contribution in [0.1, 0.15) is 49.9 Å². The molecular weight excluding hydrogens is 379 g/mol. The minimum Gasteiger partial charge on any atom is -0.462 e. The Labute approximate surface area is 158 Å². The van der Waals surface area contributed by atoms with Gasteiger partial charge < -0.3 is 14.2 Å². The van der Waals surface area contributed by atoms with Crippen LogP contribution in [0.25, 0.3) is 0 Å². The van der Waals surface area contributed by atoms with E-state index in [4.69, 9.17) is 18.8 Å². The van der Waals surface area contributed by atoms with Crippen LogP contribution in [0.4, 0.5) is 4.39 Å². The molecule has 0 aliphatic heterocycles. The third-order valence-corrected chi connectivity index (χ3v) is 4.84. The maximum absolute atomic E-state index is 14.1. The normalized spacial score (nSPS) is 16.5. The summed E-state index contributed by atoms with van der Waals surface area (Å²) in [6.07, 6.45) is 3.48. The fourth-order valence-corrected chi connectivity index (χ4v) is 3.00. The number of rotatable bonds is 9. The highest BCUT2D eigenvalue weighted by atomic mass is 32.2. The monoisotopic (exact) mass is 404 g/mol. The fourth-order valence-electron chi connectivity index (χ4n) is 2.70. The molecule has 1 aliphatic rings. The number of carbonyl (C=O) groups excluding carboxylic acids is 1. The third kappa shape index (κ3) is 7.08. The lowest BCUT2D eigenvalue weighted by molar-refractivity contribution is -0.141. The summed E-state index contributed by atoms with van der Waals surface area (Å²) in [7, 11) is -4.23. The molecule has 152 valence electrons. The van der Waals surface area contributed by atoms with Crippen molar-refractivity contribution in [3.8, 4) is 5.75 Å². The zero-order chi connectivity index (χ0) is 20.0. The van der Waals surface area contributed by atoms with E-state index in [1.807, 2.05) is 13.8 Å². The van der Waals surface area contributed by atoms with Gasteiger partial charge in [-0.15, -0.1) is 0 Å². The quantitative estimate of drug-likeness (QED) is 0.383. The van der Waals surface area contributed by atoms with E-state index in [-0.39, 0.29) is 23.3 Å². The average molecular weight is 404 g/mol. The van der Waals surface area contributed by atoms with Crippen molar-refractivity contribution in [1.29, 1.82) is 0 Å². The Bertz CT molecular complexity index is 742. The molecule has 1 saturated carbocycles. The van der Waals surface area contributed by atoms with Crippen LogP contribution in [-0.2, 0) is 19.6 Å². The first-order valence-corrected chi connectivity index (χ1v) is 10.5. The number of esters is 1. The van der Waals surface area contributed by atoms with Crippen molar-refractivity contribution in [2.24, 2.45) is 5.92 Å². The van der Waals surface area contributed by atoms with Crippen LogP contribution in [0, 0.1) is 11.7 Å². The predicted octanol–water partition coefficient (Wildman–Crippen LogP) is 3.19. The number of carbonyl (C=O) groups is 1. The maximum atomic E-state index is 14.1. The van der Waals surface area contributed by atoms with Gasteiger partial charge in [-0.3, -0.25) is 4.55 Å². The van der Waals surface area contributed by atoms with Gasteiger partial charge in [0, 0.05) is 5.92 Å². The van der Waals surface area contributed by atoms with Crippen molar-refractivity contribution in [3.05, 3.63) is 29.6 Å². The molecule has 1 aromatic carbocycles. The highest BCUT2D eigenvalue weighted by Gasteiger charge is 2.25. The fraction of sp³-hybridized carbons (Fsp3) is 0.611. The number of benzene rings is 1. The molecule has 1 atom stereocenters. The lowest BCUT2D eigenvalue weighted by Crippen LogP contribution is -2.31. The molecule has 0 bridgehead atoms. The van der Waals surface area contributed by atoms with Gasteiger partial charge in [0.2, 0.25) is 6.29 Å². The van der Waals surface area contributed by atoms with E-state index in [1.165, 1.54) is 12.1 Å². The molecule has 0 heterocycles. The molecule has 9 heteroatoms. The van der Waals surface area contributed by atoms with Gasteiger partial charge in [-0.2, -0.15) is 8.42 Å². The number of halogens is 1. The second-order valence-electron chi connectivity index (χ2n) is 6.84. The second kappa shape index (κ2) is 9.48. The van der Waals surface area contributed by atoms with Gasteiger partial charge in [0.15, 0.2) is 11.6 Å². The van der Waals surface area contributed by atoms with Gasteiger partial charge in [-0.05, 0) is 31.0 Å². The smallest absolute Gasteiger partial charge is 0.338 e. The van der Waals surface area contributed by atoms with Crippen molar-refractivity contribution in [2.45, 2.75) is 51.9 Å². The van der Waals surface area contributed by atoms with Gasteiger partial charge in [0.05, 0.1) is 11.7 Å². The Morgan fingerprint density at radius 2 is 1.96 bits per heavy atom. The lowest BCUT2D eigenvalue weighted by Gasteiger charge is -2.26. The van der Waals surface area contributed by atoms with E-state index in [0.29, 0.717) is 0 Å². The Kier molecular flexibility index (Phi) is 7.58. The number of ether oxygens (including phenoxy) is 3.